The Kier molecular flexibility index (Phi) is 4.47. The van der Waals surface area contributed by atoms with Crippen LogP contribution < -0.4 is 4.90 Å². The standard InChI is InChI=1S/C26H26N6/c1-30-14-16-32(17-15-30)19-8-6-18(7-9-19)25-26-23(28-29-25)11-10-22(27-26)20-4-3-5-24-21(20)12-13-31(24)2/h3-13H,14-17H2,1-2H3,(H,28,29). The average molecular weight is 423 g/mol. The van der Waals surface area contributed by atoms with Crippen LogP contribution >= 0.6 is 0 Å². The van der Waals surface area contributed by atoms with Gasteiger partial charge in [0.05, 0.1) is 11.2 Å². The summed E-state index contributed by atoms with van der Waals surface area (Å²) in [7, 11) is 4.26. The number of likely N-dealkylation sites (N-methyl/N-ethyl adjacent to an activating group) is 1. The minimum absolute atomic E-state index is 0.895. The molecule has 3 aromatic heterocycles. The number of aromatic amines is 1. The Morgan fingerprint density at radius 2 is 1.66 bits per heavy atom. The van der Waals surface area contributed by atoms with Crippen molar-refractivity contribution in [3.05, 3.63) is 66.9 Å². The first kappa shape index (κ1) is 19.1. The number of fused-ring (bicyclic) bond motifs is 2. The number of benzene rings is 2. The van der Waals surface area contributed by atoms with Gasteiger partial charge in [0.2, 0.25) is 0 Å². The second-order valence-corrected chi connectivity index (χ2v) is 8.67. The molecule has 0 unspecified atom stereocenters. The molecule has 0 spiro atoms. The van der Waals surface area contributed by atoms with Crippen LogP contribution in [0.4, 0.5) is 5.69 Å². The van der Waals surface area contributed by atoms with Crippen LogP contribution in [-0.4, -0.2) is 57.9 Å². The topological polar surface area (TPSA) is 53.0 Å². The van der Waals surface area contributed by atoms with E-state index in [0.29, 0.717) is 0 Å². The van der Waals surface area contributed by atoms with Crippen LogP contribution in [0.2, 0.25) is 0 Å². The Hall–Kier alpha value is -3.64. The van der Waals surface area contributed by atoms with Gasteiger partial charge in [0, 0.05) is 67.1 Å². The number of hydrogen-bond acceptors (Lipinski definition) is 4. The first-order chi connectivity index (χ1) is 15.7. The molecule has 0 saturated carbocycles. The minimum atomic E-state index is 0.895. The molecule has 4 heterocycles. The van der Waals surface area contributed by atoms with Crippen molar-refractivity contribution in [2.45, 2.75) is 0 Å². The summed E-state index contributed by atoms with van der Waals surface area (Å²) in [6.45, 7) is 4.34. The number of aromatic nitrogens is 4. The number of anilines is 1. The number of H-pyrrole nitrogens is 1. The maximum Gasteiger partial charge on any atom is 0.118 e. The van der Waals surface area contributed by atoms with E-state index in [0.717, 1.165) is 59.7 Å². The van der Waals surface area contributed by atoms with Gasteiger partial charge in [-0.15, -0.1) is 0 Å². The van der Waals surface area contributed by atoms with Crippen molar-refractivity contribution >= 4 is 27.6 Å². The number of piperazine rings is 1. The molecule has 6 heteroatoms. The summed E-state index contributed by atoms with van der Waals surface area (Å²) in [5, 5.41) is 8.98. The van der Waals surface area contributed by atoms with Crippen LogP contribution in [0.25, 0.3) is 44.5 Å². The summed E-state index contributed by atoms with van der Waals surface area (Å²) in [6.07, 6.45) is 2.10. The van der Waals surface area contributed by atoms with Crippen molar-refractivity contribution < 1.29 is 0 Å². The molecule has 1 N–H and O–H groups in total. The van der Waals surface area contributed by atoms with Gasteiger partial charge in [-0.2, -0.15) is 5.10 Å². The van der Waals surface area contributed by atoms with E-state index in [-0.39, 0.29) is 0 Å². The summed E-state index contributed by atoms with van der Waals surface area (Å²) >= 11 is 0. The van der Waals surface area contributed by atoms with Crippen molar-refractivity contribution in [3.8, 4) is 22.5 Å². The molecular weight excluding hydrogens is 396 g/mol. The van der Waals surface area contributed by atoms with Gasteiger partial charge in [0.25, 0.3) is 0 Å². The molecule has 0 bridgehead atoms. The Labute approximate surface area is 187 Å². The van der Waals surface area contributed by atoms with Crippen molar-refractivity contribution in [3.63, 3.8) is 0 Å². The molecule has 160 valence electrons. The fourth-order valence-corrected chi connectivity index (χ4v) is 4.67. The molecule has 6 rings (SSSR count). The third-order valence-corrected chi connectivity index (χ3v) is 6.62. The molecule has 0 amide bonds. The lowest BCUT2D eigenvalue weighted by molar-refractivity contribution is 0.313. The number of nitrogens with zero attached hydrogens (tertiary/aromatic N) is 5. The first-order valence-electron chi connectivity index (χ1n) is 11.1. The third kappa shape index (κ3) is 3.15. The van der Waals surface area contributed by atoms with Crippen LogP contribution in [0.1, 0.15) is 0 Å². The number of hydrogen-bond donors (Lipinski definition) is 1. The lowest BCUT2D eigenvalue weighted by Crippen LogP contribution is -2.44. The second kappa shape index (κ2) is 7.50. The minimum Gasteiger partial charge on any atom is -0.369 e. The van der Waals surface area contributed by atoms with Gasteiger partial charge < -0.3 is 14.4 Å². The summed E-state index contributed by atoms with van der Waals surface area (Å²) in [6, 6.07) is 21.4. The molecule has 1 fully saturated rings. The highest BCUT2D eigenvalue weighted by Crippen LogP contribution is 2.32. The SMILES string of the molecule is CN1CCN(c2ccc(-c3n[nH]c4ccc(-c5cccc6c5ccn6C)nc34)cc2)CC1. The Bertz CT molecular complexity index is 1400. The van der Waals surface area contributed by atoms with Crippen LogP contribution in [0.5, 0.6) is 0 Å². The van der Waals surface area contributed by atoms with Crippen molar-refractivity contribution in [1.29, 1.82) is 0 Å². The predicted molar refractivity (Wildman–Crippen MR) is 131 cm³/mol. The van der Waals surface area contributed by atoms with Gasteiger partial charge in [0.15, 0.2) is 0 Å². The van der Waals surface area contributed by atoms with E-state index in [4.69, 9.17) is 4.98 Å². The lowest BCUT2D eigenvalue weighted by Gasteiger charge is -2.34. The highest BCUT2D eigenvalue weighted by molar-refractivity contribution is 5.97. The fourth-order valence-electron chi connectivity index (χ4n) is 4.67. The third-order valence-electron chi connectivity index (χ3n) is 6.62. The highest BCUT2D eigenvalue weighted by Gasteiger charge is 2.16. The van der Waals surface area contributed by atoms with Crippen LogP contribution in [0, 0.1) is 0 Å². The normalized spacial score (nSPS) is 15.1. The zero-order valence-electron chi connectivity index (χ0n) is 18.4. The highest BCUT2D eigenvalue weighted by atomic mass is 15.2. The van der Waals surface area contributed by atoms with Gasteiger partial charge in [-0.05, 0) is 43.4 Å². The van der Waals surface area contributed by atoms with Crippen LogP contribution in [-0.2, 0) is 7.05 Å². The van der Waals surface area contributed by atoms with E-state index in [1.165, 1.54) is 16.6 Å². The number of nitrogens with one attached hydrogen (secondary N) is 1. The molecule has 0 radical (unpaired) electrons. The summed E-state index contributed by atoms with van der Waals surface area (Å²) in [4.78, 5) is 9.87. The monoisotopic (exact) mass is 422 g/mol. The second-order valence-electron chi connectivity index (χ2n) is 8.67. The van der Waals surface area contributed by atoms with E-state index >= 15 is 0 Å². The largest absolute Gasteiger partial charge is 0.369 e. The molecule has 5 aromatic rings. The lowest BCUT2D eigenvalue weighted by atomic mass is 10.1. The summed E-state index contributed by atoms with van der Waals surface area (Å²) in [5.74, 6) is 0. The molecule has 0 aliphatic carbocycles. The molecule has 2 aromatic carbocycles. The van der Waals surface area contributed by atoms with E-state index in [1.54, 1.807) is 0 Å². The Balaban J connectivity index is 1.38. The summed E-state index contributed by atoms with van der Waals surface area (Å²) in [5.41, 5.74) is 8.41. The fraction of sp³-hybridized carbons (Fsp3) is 0.231. The molecule has 32 heavy (non-hydrogen) atoms. The van der Waals surface area contributed by atoms with Gasteiger partial charge in [-0.25, -0.2) is 4.98 Å². The van der Waals surface area contributed by atoms with Gasteiger partial charge in [-0.1, -0.05) is 24.3 Å². The molecule has 6 nitrogen and oxygen atoms in total. The maximum absolute atomic E-state index is 5.04. The smallest absolute Gasteiger partial charge is 0.118 e. The maximum atomic E-state index is 5.04. The Morgan fingerprint density at radius 1 is 0.844 bits per heavy atom. The number of rotatable bonds is 3. The molecule has 1 aliphatic heterocycles. The van der Waals surface area contributed by atoms with E-state index < -0.39 is 0 Å². The van der Waals surface area contributed by atoms with Crippen molar-refractivity contribution in [2.24, 2.45) is 7.05 Å². The molecular formula is C26H26N6. The average Bonchev–Trinajstić information content (AvgIpc) is 3.43. The first-order valence-corrected chi connectivity index (χ1v) is 11.1. The number of aryl methyl sites for hydroxylation is 1. The quantitative estimate of drug-likeness (QED) is 0.464. The van der Waals surface area contributed by atoms with Gasteiger partial charge in [-0.3, -0.25) is 5.10 Å². The Morgan fingerprint density at radius 3 is 2.47 bits per heavy atom. The predicted octanol–water partition coefficient (Wildman–Crippen LogP) is 4.54. The van der Waals surface area contributed by atoms with Crippen LogP contribution in [0.3, 0.4) is 0 Å². The van der Waals surface area contributed by atoms with E-state index in [9.17, 15) is 0 Å². The summed E-state index contributed by atoms with van der Waals surface area (Å²) < 4.78 is 2.14. The van der Waals surface area contributed by atoms with E-state index in [2.05, 4.69) is 106 Å². The van der Waals surface area contributed by atoms with Crippen molar-refractivity contribution in [2.75, 3.05) is 38.1 Å². The van der Waals surface area contributed by atoms with Crippen LogP contribution in [0.15, 0.2) is 66.9 Å². The molecule has 1 saturated heterocycles. The zero-order valence-corrected chi connectivity index (χ0v) is 18.4. The van der Waals surface area contributed by atoms with Crippen molar-refractivity contribution in [1.82, 2.24) is 24.6 Å². The van der Waals surface area contributed by atoms with Gasteiger partial charge >= 0.3 is 0 Å². The van der Waals surface area contributed by atoms with Gasteiger partial charge in [0.1, 0.15) is 11.2 Å². The molecule has 0 atom stereocenters. The van der Waals surface area contributed by atoms with E-state index in [1.807, 2.05) is 0 Å². The zero-order chi connectivity index (χ0) is 21.7. The number of pyridine rings is 1. The molecule has 1 aliphatic rings.